The van der Waals surface area contributed by atoms with Gasteiger partial charge in [-0.25, -0.2) is 0 Å². The number of carbonyl (C=O) groups excluding carboxylic acids is 2. The van der Waals surface area contributed by atoms with E-state index >= 15 is 0 Å². The Hall–Kier alpha value is -2.24. The summed E-state index contributed by atoms with van der Waals surface area (Å²) in [5.41, 5.74) is 0.489. The summed E-state index contributed by atoms with van der Waals surface area (Å²) in [6, 6.07) is 5.13. The maximum absolute atomic E-state index is 12.8. The molecule has 0 aliphatic rings. The average molecular weight is 350 g/mol. The van der Waals surface area contributed by atoms with Gasteiger partial charge in [0.25, 0.3) is 5.91 Å². The Bertz CT molecular complexity index is 560. The van der Waals surface area contributed by atoms with Crippen molar-refractivity contribution in [2.24, 2.45) is 0 Å². The fourth-order valence-electron chi connectivity index (χ4n) is 2.38. The van der Waals surface area contributed by atoms with Gasteiger partial charge in [-0.1, -0.05) is 13.8 Å². The molecule has 1 N–H and O–H groups in total. The van der Waals surface area contributed by atoms with Gasteiger partial charge in [0.1, 0.15) is 0 Å². The van der Waals surface area contributed by atoms with Crippen molar-refractivity contribution in [1.82, 2.24) is 10.2 Å². The summed E-state index contributed by atoms with van der Waals surface area (Å²) < 4.78 is 11.1. The van der Waals surface area contributed by atoms with E-state index in [-0.39, 0.29) is 18.4 Å². The van der Waals surface area contributed by atoms with Crippen molar-refractivity contribution in [3.63, 3.8) is 0 Å². The van der Waals surface area contributed by atoms with E-state index in [9.17, 15) is 9.59 Å². The van der Waals surface area contributed by atoms with Crippen molar-refractivity contribution in [2.75, 3.05) is 32.8 Å². The molecular weight excluding hydrogens is 320 g/mol. The Balaban J connectivity index is 2.95. The van der Waals surface area contributed by atoms with Crippen LogP contribution in [0.5, 0.6) is 11.5 Å². The predicted octanol–water partition coefficient (Wildman–Crippen LogP) is 2.86. The number of nitrogens with one attached hydrogen (secondary N) is 1. The van der Waals surface area contributed by atoms with Crippen molar-refractivity contribution >= 4 is 11.8 Å². The summed E-state index contributed by atoms with van der Waals surface area (Å²) in [5.74, 6) is 0.836. The minimum atomic E-state index is -0.183. The summed E-state index contributed by atoms with van der Waals surface area (Å²) in [4.78, 5) is 26.4. The highest BCUT2D eigenvalue weighted by atomic mass is 16.5. The SMILES string of the molecule is CCCNC(=O)CN(CCC)C(=O)c1ccc(OCC)c(OCC)c1. The first-order chi connectivity index (χ1) is 12.1. The van der Waals surface area contributed by atoms with Crippen molar-refractivity contribution < 1.29 is 19.1 Å². The molecule has 0 atom stereocenters. The highest BCUT2D eigenvalue weighted by molar-refractivity contribution is 5.97. The van der Waals surface area contributed by atoms with Crippen molar-refractivity contribution in [3.8, 4) is 11.5 Å². The van der Waals surface area contributed by atoms with Crippen molar-refractivity contribution in [1.29, 1.82) is 0 Å². The molecule has 0 aromatic heterocycles. The van der Waals surface area contributed by atoms with Crippen LogP contribution in [0.15, 0.2) is 18.2 Å². The molecule has 6 nitrogen and oxygen atoms in total. The number of benzene rings is 1. The molecule has 2 amide bonds. The number of hydrogen-bond donors (Lipinski definition) is 1. The maximum Gasteiger partial charge on any atom is 0.254 e. The second-order valence-corrected chi connectivity index (χ2v) is 5.60. The Morgan fingerprint density at radius 3 is 2.28 bits per heavy atom. The molecule has 25 heavy (non-hydrogen) atoms. The first-order valence-corrected chi connectivity index (χ1v) is 9.02. The third-order valence-electron chi connectivity index (χ3n) is 3.48. The zero-order chi connectivity index (χ0) is 18.7. The van der Waals surface area contributed by atoms with Gasteiger partial charge < -0.3 is 19.7 Å². The van der Waals surface area contributed by atoms with Crippen LogP contribution in [0.25, 0.3) is 0 Å². The predicted molar refractivity (Wildman–Crippen MR) is 98.3 cm³/mol. The molecule has 6 heteroatoms. The van der Waals surface area contributed by atoms with Crippen LogP contribution in [0.2, 0.25) is 0 Å². The molecule has 1 aromatic carbocycles. The molecule has 0 aliphatic carbocycles. The third-order valence-corrected chi connectivity index (χ3v) is 3.48. The summed E-state index contributed by atoms with van der Waals surface area (Å²) in [7, 11) is 0. The fourth-order valence-corrected chi connectivity index (χ4v) is 2.38. The van der Waals surface area contributed by atoms with E-state index in [4.69, 9.17) is 9.47 Å². The lowest BCUT2D eigenvalue weighted by Crippen LogP contribution is -2.41. The zero-order valence-electron chi connectivity index (χ0n) is 15.8. The zero-order valence-corrected chi connectivity index (χ0v) is 15.8. The molecule has 0 spiro atoms. The van der Waals surface area contributed by atoms with Gasteiger partial charge in [0.2, 0.25) is 5.91 Å². The normalized spacial score (nSPS) is 10.2. The summed E-state index contributed by atoms with van der Waals surface area (Å²) in [6.07, 6.45) is 1.65. The molecule has 0 unspecified atom stereocenters. The van der Waals surface area contributed by atoms with E-state index in [1.807, 2.05) is 27.7 Å². The quantitative estimate of drug-likeness (QED) is 0.666. The molecule has 0 aliphatic heterocycles. The van der Waals surface area contributed by atoms with Gasteiger partial charge in [-0.05, 0) is 44.9 Å². The molecule has 1 aromatic rings. The standard InChI is InChI=1S/C19H30N2O4/c1-5-11-20-18(22)14-21(12-6-2)19(23)15-9-10-16(24-7-3)17(13-15)25-8-4/h9-10,13H,5-8,11-12,14H2,1-4H3,(H,20,22). The van der Waals surface area contributed by atoms with Crippen LogP contribution < -0.4 is 14.8 Å². The van der Waals surface area contributed by atoms with E-state index < -0.39 is 0 Å². The third kappa shape index (κ3) is 6.64. The number of carbonyl (C=O) groups is 2. The number of nitrogens with zero attached hydrogens (tertiary/aromatic N) is 1. The van der Waals surface area contributed by atoms with Gasteiger partial charge in [0.15, 0.2) is 11.5 Å². The first-order valence-electron chi connectivity index (χ1n) is 9.02. The van der Waals surface area contributed by atoms with Crippen LogP contribution in [-0.2, 0) is 4.79 Å². The molecule has 0 radical (unpaired) electrons. The largest absolute Gasteiger partial charge is 0.490 e. The van der Waals surface area contributed by atoms with Gasteiger partial charge in [-0.3, -0.25) is 9.59 Å². The molecule has 1 rings (SSSR count). The van der Waals surface area contributed by atoms with Gasteiger partial charge >= 0.3 is 0 Å². The lowest BCUT2D eigenvalue weighted by molar-refractivity contribution is -0.121. The van der Waals surface area contributed by atoms with Gasteiger partial charge in [0.05, 0.1) is 19.8 Å². The Labute approximate surface area is 150 Å². The Morgan fingerprint density at radius 1 is 1.00 bits per heavy atom. The van der Waals surface area contributed by atoms with E-state index in [1.54, 1.807) is 23.1 Å². The molecule has 0 saturated heterocycles. The molecule has 0 saturated carbocycles. The molecular formula is C19H30N2O4. The average Bonchev–Trinajstić information content (AvgIpc) is 2.61. The second kappa shape index (κ2) is 11.3. The minimum Gasteiger partial charge on any atom is -0.490 e. The molecule has 0 bridgehead atoms. The van der Waals surface area contributed by atoms with Crippen molar-refractivity contribution in [2.45, 2.75) is 40.5 Å². The molecule has 140 valence electrons. The van der Waals surface area contributed by atoms with Crippen LogP contribution in [0.1, 0.15) is 50.9 Å². The van der Waals surface area contributed by atoms with Gasteiger partial charge in [-0.15, -0.1) is 0 Å². The van der Waals surface area contributed by atoms with Crippen molar-refractivity contribution in [3.05, 3.63) is 23.8 Å². The lowest BCUT2D eigenvalue weighted by atomic mass is 10.1. The number of rotatable bonds is 11. The highest BCUT2D eigenvalue weighted by Gasteiger charge is 2.19. The lowest BCUT2D eigenvalue weighted by Gasteiger charge is -2.22. The van der Waals surface area contributed by atoms with Crippen LogP contribution >= 0.6 is 0 Å². The van der Waals surface area contributed by atoms with E-state index in [0.717, 1.165) is 12.8 Å². The number of ether oxygens (including phenoxy) is 2. The topological polar surface area (TPSA) is 67.9 Å². The Morgan fingerprint density at radius 2 is 1.68 bits per heavy atom. The summed E-state index contributed by atoms with van der Waals surface area (Å²) in [5, 5.41) is 2.81. The molecule has 0 fully saturated rings. The summed E-state index contributed by atoms with van der Waals surface area (Å²) >= 11 is 0. The monoisotopic (exact) mass is 350 g/mol. The van der Waals surface area contributed by atoms with E-state index in [2.05, 4.69) is 5.32 Å². The van der Waals surface area contributed by atoms with Gasteiger partial charge in [-0.2, -0.15) is 0 Å². The van der Waals surface area contributed by atoms with E-state index in [1.165, 1.54) is 0 Å². The van der Waals surface area contributed by atoms with Crippen LogP contribution in [0, 0.1) is 0 Å². The maximum atomic E-state index is 12.8. The van der Waals surface area contributed by atoms with Crippen LogP contribution in [0.3, 0.4) is 0 Å². The first kappa shape index (κ1) is 20.8. The van der Waals surface area contributed by atoms with E-state index in [0.29, 0.717) is 43.4 Å². The fraction of sp³-hybridized carbons (Fsp3) is 0.579. The van der Waals surface area contributed by atoms with Crippen LogP contribution in [-0.4, -0.2) is 49.6 Å². The second-order valence-electron chi connectivity index (χ2n) is 5.60. The number of hydrogen-bond acceptors (Lipinski definition) is 4. The minimum absolute atomic E-state index is 0.0594. The van der Waals surface area contributed by atoms with Gasteiger partial charge in [0, 0.05) is 18.7 Å². The smallest absolute Gasteiger partial charge is 0.254 e. The highest BCUT2D eigenvalue weighted by Crippen LogP contribution is 2.29. The van der Waals surface area contributed by atoms with Crippen LogP contribution in [0.4, 0.5) is 0 Å². The molecule has 0 heterocycles. The number of amides is 2. The Kier molecular flexibility index (Phi) is 9.43. The summed E-state index contributed by atoms with van der Waals surface area (Å²) in [6.45, 7) is 9.95.